The van der Waals surface area contributed by atoms with Gasteiger partial charge in [0.05, 0.1) is 12.7 Å². The molecule has 0 aliphatic carbocycles. The SMILES string of the molecule is CC(=O)c1ncc2c(n1)N(C)CCO2. The summed E-state index contributed by atoms with van der Waals surface area (Å²) in [7, 11) is 1.91. The maximum Gasteiger partial charge on any atom is 0.197 e. The Labute approximate surface area is 81.7 Å². The van der Waals surface area contributed by atoms with Crippen LogP contribution in [0.4, 0.5) is 5.82 Å². The summed E-state index contributed by atoms with van der Waals surface area (Å²) in [5, 5.41) is 0. The summed E-state index contributed by atoms with van der Waals surface area (Å²) >= 11 is 0. The highest BCUT2D eigenvalue weighted by molar-refractivity contribution is 5.90. The van der Waals surface area contributed by atoms with Crippen LogP contribution in [-0.2, 0) is 0 Å². The summed E-state index contributed by atoms with van der Waals surface area (Å²) in [5.41, 5.74) is 0. The molecule has 0 aromatic carbocycles. The number of likely N-dealkylation sites (N-methyl/N-ethyl adjacent to an activating group) is 1. The van der Waals surface area contributed by atoms with Gasteiger partial charge in [-0.1, -0.05) is 0 Å². The van der Waals surface area contributed by atoms with E-state index < -0.39 is 0 Å². The van der Waals surface area contributed by atoms with Gasteiger partial charge in [-0.2, -0.15) is 0 Å². The molecule has 2 heterocycles. The monoisotopic (exact) mass is 193 g/mol. The van der Waals surface area contributed by atoms with Crippen molar-refractivity contribution < 1.29 is 9.53 Å². The summed E-state index contributed by atoms with van der Waals surface area (Å²) in [6.07, 6.45) is 1.55. The summed E-state index contributed by atoms with van der Waals surface area (Å²) in [6.45, 7) is 2.86. The molecule has 1 aromatic rings. The zero-order valence-electron chi connectivity index (χ0n) is 8.15. The fraction of sp³-hybridized carbons (Fsp3) is 0.444. The van der Waals surface area contributed by atoms with E-state index in [1.165, 1.54) is 6.92 Å². The van der Waals surface area contributed by atoms with E-state index in [9.17, 15) is 4.79 Å². The Morgan fingerprint density at radius 1 is 1.64 bits per heavy atom. The van der Waals surface area contributed by atoms with E-state index in [4.69, 9.17) is 4.74 Å². The average molecular weight is 193 g/mol. The van der Waals surface area contributed by atoms with Gasteiger partial charge in [-0.3, -0.25) is 4.79 Å². The fourth-order valence-electron chi connectivity index (χ4n) is 1.31. The molecule has 0 saturated heterocycles. The lowest BCUT2D eigenvalue weighted by molar-refractivity contribution is 0.100. The van der Waals surface area contributed by atoms with E-state index in [2.05, 4.69) is 9.97 Å². The molecule has 5 heteroatoms. The minimum atomic E-state index is -0.133. The highest BCUT2D eigenvalue weighted by atomic mass is 16.5. The highest BCUT2D eigenvalue weighted by Crippen LogP contribution is 2.26. The van der Waals surface area contributed by atoms with Gasteiger partial charge in [-0.25, -0.2) is 9.97 Å². The molecule has 2 rings (SSSR count). The third kappa shape index (κ3) is 1.41. The standard InChI is InChI=1S/C9H11N3O2/c1-6(13)8-10-5-7-9(11-8)12(2)3-4-14-7/h5H,3-4H2,1-2H3. The van der Waals surface area contributed by atoms with Crippen molar-refractivity contribution in [3.8, 4) is 5.75 Å². The molecule has 1 aliphatic heterocycles. The molecule has 0 atom stereocenters. The number of hydrogen-bond acceptors (Lipinski definition) is 5. The van der Waals surface area contributed by atoms with Crippen molar-refractivity contribution in [2.24, 2.45) is 0 Å². The van der Waals surface area contributed by atoms with Gasteiger partial charge in [0, 0.05) is 14.0 Å². The van der Waals surface area contributed by atoms with Crippen LogP contribution in [0, 0.1) is 0 Å². The Hall–Kier alpha value is -1.65. The van der Waals surface area contributed by atoms with Crippen molar-refractivity contribution in [3.63, 3.8) is 0 Å². The molecule has 1 aromatic heterocycles. The van der Waals surface area contributed by atoms with Gasteiger partial charge < -0.3 is 9.64 Å². The van der Waals surface area contributed by atoms with Gasteiger partial charge in [0.15, 0.2) is 23.2 Å². The first kappa shape index (κ1) is 8.93. The summed E-state index contributed by atoms with van der Waals surface area (Å²) in [4.78, 5) is 21.1. The molecule has 0 fully saturated rings. The van der Waals surface area contributed by atoms with Crippen molar-refractivity contribution in [2.75, 3.05) is 25.1 Å². The quantitative estimate of drug-likeness (QED) is 0.608. The summed E-state index contributed by atoms with van der Waals surface area (Å²) in [5.74, 6) is 1.44. The van der Waals surface area contributed by atoms with Crippen LogP contribution in [0.2, 0.25) is 0 Å². The van der Waals surface area contributed by atoms with Crippen LogP contribution in [0.1, 0.15) is 17.5 Å². The Kier molecular flexibility index (Phi) is 2.07. The lowest BCUT2D eigenvalue weighted by atomic mass is 10.3. The van der Waals surface area contributed by atoms with E-state index in [-0.39, 0.29) is 11.6 Å². The highest BCUT2D eigenvalue weighted by Gasteiger charge is 2.18. The topological polar surface area (TPSA) is 55.3 Å². The average Bonchev–Trinajstić information content (AvgIpc) is 2.18. The molecule has 0 bridgehead atoms. The maximum absolute atomic E-state index is 11.1. The molecule has 1 aliphatic rings. The van der Waals surface area contributed by atoms with Crippen LogP contribution < -0.4 is 9.64 Å². The molecular formula is C9H11N3O2. The van der Waals surface area contributed by atoms with Crippen molar-refractivity contribution in [1.82, 2.24) is 9.97 Å². The molecule has 0 unspecified atom stereocenters. The second kappa shape index (κ2) is 3.25. The van der Waals surface area contributed by atoms with Crippen LogP contribution in [0.25, 0.3) is 0 Å². The molecule has 5 nitrogen and oxygen atoms in total. The first-order valence-electron chi connectivity index (χ1n) is 4.40. The van der Waals surface area contributed by atoms with E-state index in [0.29, 0.717) is 18.2 Å². The van der Waals surface area contributed by atoms with Gasteiger partial charge in [-0.15, -0.1) is 0 Å². The summed E-state index contributed by atoms with van der Waals surface area (Å²) < 4.78 is 5.35. The number of Topliss-reactive ketones (excluding diaryl/α,β-unsaturated/α-hetero) is 1. The van der Waals surface area contributed by atoms with Crippen molar-refractivity contribution in [1.29, 1.82) is 0 Å². The number of fused-ring (bicyclic) bond motifs is 1. The number of carbonyl (C=O) groups excluding carboxylic acids is 1. The Morgan fingerprint density at radius 2 is 2.43 bits per heavy atom. The zero-order valence-corrected chi connectivity index (χ0v) is 8.15. The molecular weight excluding hydrogens is 182 g/mol. The third-order valence-electron chi connectivity index (χ3n) is 2.10. The first-order valence-corrected chi connectivity index (χ1v) is 4.40. The minimum absolute atomic E-state index is 0.133. The van der Waals surface area contributed by atoms with Crippen LogP contribution in [0.5, 0.6) is 5.75 Å². The normalized spacial score (nSPS) is 14.6. The Morgan fingerprint density at radius 3 is 3.14 bits per heavy atom. The smallest absolute Gasteiger partial charge is 0.197 e. The van der Waals surface area contributed by atoms with Crippen LogP contribution in [-0.4, -0.2) is 36.0 Å². The largest absolute Gasteiger partial charge is 0.486 e. The molecule has 0 saturated carbocycles. The maximum atomic E-state index is 11.1. The second-order valence-corrected chi connectivity index (χ2v) is 3.21. The number of ether oxygens (including phenoxy) is 1. The number of anilines is 1. The van der Waals surface area contributed by atoms with Gasteiger partial charge in [0.1, 0.15) is 6.61 Å². The van der Waals surface area contributed by atoms with Crippen molar-refractivity contribution in [2.45, 2.75) is 6.92 Å². The second-order valence-electron chi connectivity index (χ2n) is 3.21. The van der Waals surface area contributed by atoms with Crippen LogP contribution >= 0.6 is 0 Å². The van der Waals surface area contributed by atoms with E-state index in [0.717, 1.165) is 6.54 Å². The Balaban J connectivity index is 2.45. The predicted octanol–water partition coefficient (Wildman–Crippen LogP) is 0.508. The lowest BCUT2D eigenvalue weighted by Crippen LogP contribution is -2.30. The molecule has 14 heavy (non-hydrogen) atoms. The number of hydrogen-bond donors (Lipinski definition) is 0. The van der Waals surface area contributed by atoms with E-state index in [1.54, 1.807) is 6.20 Å². The number of ketones is 1. The van der Waals surface area contributed by atoms with Crippen LogP contribution in [0.3, 0.4) is 0 Å². The zero-order chi connectivity index (χ0) is 10.1. The number of aromatic nitrogens is 2. The van der Waals surface area contributed by atoms with Crippen molar-refractivity contribution >= 4 is 11.6 Å². The molecule has 0 N–H and O–H groups in total. The first-order chi connectivity index (χ1) is 6.68. The van der Waals surface area contributed by atoms with Gasteiger partial charge in [-0.05, 0) is 0 Å². The van der Waals surface area contributed by atoms with Crippen molar-refractivity contribution in [3.05, 3.63) is 12.0 Å². The minimum Gasteiger partial charge on any atom is -0.486 e. The molecule has 0 spiro atoms. The fourth-order valence-corrected chi connectivity index (χ4v) is 1.31. The van der Waals surface area contributed by atoms with Crippen LogP contribution in [0.15, 0.2) is 6.20 Å². The molecule has 0 radical (unpaired) electrons. The number of carbonyl (C=O) groups is 1. The van der Waals surface area contributed by atoms with Gasteiger partial charge in [0.25, 0.3) is 0 Å². The summed E-state index contributed by atoms with van der Waals surface area (Å²) in [6, 6.07) is 0. The van der Waals surface area contributed by atoms with E-state index >= 15 is 0 Å². The third-order valence-corrected chi connectivity index (χ3v) is 2.10. The molecule has 74 valence electrons. The van der Waals surface area contributed by atoms with Gasteiger partial charge in [0.2, 0.25) is 0 Å². The Bertz CT molecular complexity index is 378. The number of nitrogens with zero attached hydrogens (tertiary/aromatic N) is 3. The van der Waals surface area contributed by atoms with Gasteiger partial charge >= 0.3 is 0 Å². The van der Waals surface area contributed by atoms with E-state index in [1.807, 2.05) is 11.9 Å². The number of rotatable bonds is 1. The lowest BCUT2D eigenvalue weighted by Gasteiger charge is -2.25. The predicted molar refractivity (Wildman–Crippen MR) is 50.8 cm³/mol. The molecule has 0 amide bonds.